The molecule has 0 spiro atoms. The molecule has 2 rings (SSSR count). The molecule has 0 aromatic heterocycles. The summed E-state index contributed by atoms with van der Waals surface area (Å²) in [6.45, 7) is 2.37. The predicted octanol–water partition coefficient (Wildman–Crippen LogP) is 2.99. The summed E-state index contributed by atoms with van der Waals surface area (Å²) in [4.78, 5) is 0. The zero-order valence-electron chi connectivity index (χ0n) is 9.55. The lowest BCUT2D eigenvalue weighted by atomic mass is 10.1. The molecule has 0 heterocycles. The fourth-order valence-corrected chi connectivity index (χ4v) is 1.55. The van der Waals surface area contributed by atoms with Gasteiger partial charge in [0.1, 0.15) is 23.9 Å². The number of hydrogen-bond donors (Lipinski definition) is 2. The van der Waals surface area contributed by atoms with Crippen LogP contribution in [0.25, 0.3) is 0 Å². The van der Waals surface area contributed by atoms with E-state index in [1.165, 1.54) is 0 Å². The molecule has 0 aliphatic rings. The molecule has 2 aromatic carbocycles. The van der Waals surface area contributed by atoms with Crippen LogP contribution in [0.2, 0.25) is 0 Å². The summed E-state index contributed by atoms with van der Waals surface area (Å²) < 4.78 is 5.57. The Morgan fingerprint density at radius 3 is 2.24 bits per heavy atom. The van der Waals surface area contributed by atoms with Crippen molar-refractivity contribution in [3.63, 3.8) is 0 Å². The van der Waals surface area contributed by atoms with Crippen LogP contribution in [0.15, 0.2) is 42.5 Å². The van der Waals surface area contributed by atoms with Gasteiger partial charge < -0.3 is 14.9 Å². The van der Waals surface area contributed by atoms with Crippen LogP contribution in [-0.2, 0) is 6.61 Å². The second-order valence-corrected chi connectivity index (χ2v) is 3.89. The van der Waals surface area contributed by atoms with Gasteiger partial charge in [0.05, 0.1) is 0 Å². The maximum absolute atomic E-state index is 9.28. The second-order valence-electron chi connectivity index (χ2n) is 3.89. The Hall–Kier alpha value is -2.16. The van der Waals surface area contributed by atoms with Crippen LogP contribution < -0.4 is 4.74 Å². The minimum Gasteiger partial charge on any atom is -0.508 e. The Morgan fingerprint density at radius 2 is 1.59 bits per heavy atom. The van der Waals surface area contributed by atoms with Crippen molar-refractivity contribution in [3.8, 4) is 17.2 Å². The van der Waals surface area contributed by atoms with Gasteiger partial charge in [-0.25, -0.2) is 0 Å². The summed E-state index contributed by atoms with van der Waals surface area (Å²) in [6, 6.07) is 11.8. The Bertz CT molecular complexity index is 503. The first-order valence-corrected chi connectivity index (χ1v) is 5.35. The summed E-state index contributed by atoms with van der Waals surface area (Å²) >= 11 is 0. The van der Waals surface area contributed by atoms with Crippen LogP contribution in [0.5, 0.6) is 17.2 Å². The zero-order valence-corrected chi connectivity index (χ0v) is 9.55. The molecule has 17 heavy (non-hydrogen) atoms. The first kappa shape index (κ1) is 11.3. The molecule has 0 saturated heterocycles. The van der Waals surface area contributed by atoms with Gasteiger partial charge in [-0.05, 0) is 54.4 Å². The van der Waals surface area contributed by atoms with Crippen molar-refractivity contribution < 1.29 is 14.9 Å². The SMILES string of the molecule is Cc1cc(O)ccc1COc1ccc(O)cc1. The van der Waals surface area contributed by atoms with E-state index in [0.29, 0.717) is 12.4 Å². The first-order valence-electron chi connectivity index (χ1n) is 5.35. The fraction of sp³-hybridized carbons (Fsp3) is 0.143. The quantitative estimate of drug-likeness (QED) is 0.852. The molecule has 2 aromatic rings. The van der Waals surface area contributed by atoms with Gasteiger partial charge in [-0.15, -0.1) is 0 Å². The minimum absolute atomic E-state index is 0.221. The third-order valence-electron chi connectivity index (χ3n) is 2.56. The Morgan fingerprint density at radius 1 is 0.941 bits per heavy atom. The van der Waals surface area contributed by atoms with Crippen LogP contribution in [0.4, 0.5) is 0 Å². The van der Waals surface area contributed by atoms with E-state index in [0.717, 1.165) is 11.1 Å². The van der Waals surface area contributed by atoms with E-state index in [1.807, 2.05) is 13.0 Å². The number of hydrogen-bond acceptors (Lipinski definition) is 3. The topological polar surface area (TPSA) is 49.7 Å². The van der Waals surface area contributed by atoms with E-state index < -0.39 is 0 Å². The van der Waals surface area contributed by atoms with Crippen molar-refractivity contribution in [2.24, 2.45) is 0 Å². The summed E-state index contributed by atoms with van der Waals surface area (Å²) in [5.41, 5.74) is 2.01. The van der Waals surface area contributed by atoms with Crippen LogP contribution in [-0.4, -0.2) is 10.2 Å². The van der Waals surface area contributed by atoms with Crippen molar-refractivity contribution in [2.75, 3.05) is 0 Å². The normalized spacial score (nSPS) is 10.2. The summed E-state index contributed by atoms with van der Waals surface area (Å²) in [5.74, 6) is 1.18. The molecule has 0 fully saturated rings. The van der Waals surface area contributed by atoms with E-state index in [1.54, 1.807) is 36.4 Å². The molecule has 2 N–H and O–H groups in total. The molecule has 0 saturated carbocycles. The molecular formula is C14H14O3. The van der Waals surface area contributed by atoms with Crippen LogP contribution in [0.1, 0.15) is 11.1 Å². The Kier molecular flexibility index (Phi) is 3.19. The molecule has 0 amide bonds. The van der Waals surface area contributed by atoms with Crippen LogP contribution >= 0.6 is 0 Å². The number of aromatic hydroxyl groups is 2. The minimum atomic E-state index is 0.221. The monoisotopic (exact) mass is 230 g/mol. The molecule has 0 radical (unpaired) electrons. The van der Waals surface area contributed by atoms with Gasteiger partial charge in [0.2, 0.25) is 0 Å². The molecule has 0 unspecified atom stereocenters. The van der Waals surface area contributed by atoms with E-state index in [-0.39, 0.29) is 11.5 Å². The Balaban J connectivity index is 2.04. The zero-order chi connectivity index (χ0) is 12.3. The number of rotatable bonds is 3. The van der Waals surface area contributed by atoms with Gasteiger partial charge in [-0.3, -0.25) is 0 Å². The highest BCUT2D eigenvalue weighted by Gasteiger charge is 2.01. The average Bonchev–Trinajstić information content (AvgIpc) is 2.30. The summed E-state index contributed by atoms with van der Waals surface area (Å²) in [6.07, 6.45) is 0. The number of ether oxygens (including phenoxy) is 1. The fourth-order valence-electron chi connectivity index (χ4n) is 1.55. The highest BCUT2D eigenvalue weighted by Crippen LogP contribution is 2.20. The standard InChI is InChI=1S/C14H14O3/c1-10-8-13(16)3-2-11(10)9-17-14-6-4-12(15)5-7-14/h2-8,15-16H,9H2,1H3. The van der Waals surface area contributed by atoms with E-state index >= 15 is 0 Å². The highest BCUT2D eigenvalue weighted by atomic mass is 16.5. The van der Waals surface area contributed by atoms with Gasteiger partial charge in [0.25, 0.3) is 0 Å². The Labute approximate surface area is 99.9 Å². The number of aryl methyl sites for hydroxylation is 1. The molecule has 0 bridgehead atoms. The largest absolute Gasteiger partial charge is 0.508 e. The predicted molar refractivity (Wildman–Crippen MR) is 65.3 cm³/mol. The highest BCUT2D eigenvalue weighted by molar-refractivity contribution is 5.34. The number of phenols is 2. The van der Waals surface area contributed by atoms with E-state index in [9.17, 15) is 5.11 Å². The lowest BCUT2D eigenvalue weighted by Crippen LogP contribution is -1.97. The third-order valence-corrected chi connectivity index (χ3v) is 2.56. The van der Waals surface area contributed by atoms with Gasteiger partial charge in [-0.1, -0.05) is 6.07 Å². The van der Waals surface area contributed by atoms with Crippen molar-refractivity contribution in [1.82, 2.24) is 0 Å². The number of benzene rings is 2. The van der Waals surface area contributed by atoms with Gasteiger partial charge in [-0.2, -0.15) is 0 Å². The van der Waals surface area contributed by atoms with Gasteiger partial charge in [0, 0.05) is 0 Å². The van der Waals surface area contributed by atoms with E-state index in [2.05, 4.69) is 0 Å². The molecule has 88 valence electrons. The molecule has 0 aliphatic heterocycles. The van der Waals surface area contributed by atoms with Crippen molar-refractivity contribution in [2.45, 2.75) is 13.5 Å². The van der Waals surface area contributed by atoms with Gasteiger partial charge in [0.15, 0.2) is 0 Å². The van der Waals surface area contributed by atoms with Crippen LogP contribution in [0.3, 0.4) is 0 Å². The second kappa shape index (κ2) is 4.78. The lowest BCUT2D eigenvalue weighted by Gasteiger charge is -2.09. The maximum atomic E-state index is 9.28. The smallest absolute Gasteiger partial charge is 0.120 e. The first-order chi connectivity index (χ1) is 8.15. The third kappa shape index (κ3) is 2.91. The van der Waals surface area contributed by atoms with Crippen molar-refractivity contribution in [1.29, 1.82) is 0 Å². The molecule has 0 aliphatic carbocycles. The number of phenolic OH excluding ortho intramolecular Hbond substituents is 2. The lowest BCUT2D eigenvalue weighted by molar-refractivity contribution is 0.304. The molecule has 0 atom stereocenters. The van der Waals surface area contributed by atoms with E-state index in [4.69, 9.17) is 9.84 Å². The maximum Gasteiger partial charge on any atom is 0.120 e. The average molecular weight is 230 g/mol. The molecule has 3 heteroatoms. The van der Waals surface area contributed by atoms with Crippen molar-refractivity contribution in [3.05, 3.63) is 53.6 Å². The van der Waals surface area contributed by atoms with Gasteiger partial charge >= 0.3 is 0 Å². The molecule has 3 nitrogen and oxygen atoms in total. The van der Waals surface area contributed by atoms with Crippen LogP contribution in [0, 0.1) is 6.92 Å². The van der Waals surface area contributed by atoms with Crippen molar-refractivity contribution >= 4 is 0 Å². The molecular weight excluding hydrogens is 216 g/mol. The summed E-state index contributed by atoms with van der Waals surface area (Å²) in [7, 11) is 0. The summed E-state index contributed by atoms with van der Waals surface area (Å²) in [5, 5.41) is 18.4.